The Morgan fingerprint density at radius 1 is 0.329 bits per heavy atom. The van der Waals surface area contributed by atoms with Gasteiger partial charge in [0, 0.05) is 62.4 Å². The minimum Gasteiger partial charge on any atom is -0.392 e. The van der Waals surface area contributed by atoms with Gasteiger partial charge in [0.2, 0.25) is 59.1 Å². The van der Waals surface area contributed by atoms with Crippen molar-refractivity contribution in [2.75, 3.05) is 91.6 Å². The lowest BCUT2D eigenvalue weighted by atomic mass is 10.1. The predicted molar refractivity (Wildman–Crippen MR) is 314 cm³/mol. The van der Waals surface area contributed by atoms with Crippen molar-refractivity contribution in [3.63, 3.8) is 0 Å². The van der Waals surface area contributed by atoms with E-state index in [0.29, 0.717) is 32.1 Å². The smallest absolute Gasteiger partial charge is 0.242 e. The Labute approximate surface area is 490 Å². The highest BCUT2D eigenvalue weighted by Crippen LogP contribution is 2.15. The van der Waals surface area contributed by atoms with E-state index < -0.39 is 142 Å². The van der Waals surface area contributed by atoms with E-state index in [0.717, 1.165) is 26.0 Å². The van der Waals surface area contributed by atoms with E-state index >= 15 is 0 Å². The monoisotopic (exact) mass is 1170 g/mol. The molecule has 0 aromatic carbocycles. The van der Waals surface area contributed by atoms with Crippen molar-refractivity contribution < 1.29 is 68.4 Å². The van der Waals surface area contributed by atoms with Crippen LogP contribution >= 0.6 is 0 Å². The molecule has 0 saturated carbocycles. The molecule has 0 fully saturated rings. The zero-order valence-corrected chi connectivity index (χ0v) is 51.9. The molecule has 0 aliphatic carbocycles. The maximum atomic E-state index is 14.5. The lowest BCUT2D eigenvalue weighted by Gasteiger charge is -2.36. The summed E-state index contributed by atoms with van der Waals surface area (Å²) in [6.45, 7) is 21.0. The van der Waals surface area contributed by atoms with Crippen LogP contribution in [0.25, 0.3) is 0 Å². The highest BCUT2D eigenvalue weighted by molar-refractivity contribution is 5.94. The van der Waals surface area contributed by atoms with Gasteiger partial charge in [-0.05, 0) is 108 Å². The van der Waals surface area contributed by atoms with Crippen LogP contribution in [0.1, 0.15) is 157 Å². The summed E-state index contributed by atoms with van der Waals surface area (Å²) in [7, 11) is 0. The van der Waals surface area contributed by atoms with Crippen LogP contribution in [-0.2, 0) is 47.9 Å². The van der Waals surface area contributed by atoms with Crippen molar-refractivity contribution in [2.24, 2.45) is 5.73 Å². The first-order valence-corrected chi connectivity index (χ1v) is 29.1. The number of amides is 10. The van der Waals surface area contributed by atoms with Crippen molar-refractivity contribution in [1.82, 2.24) is 49.4 Å². The summed E-state index contributed by atoms with van der Waals surface area (Å²) in [4.78, 5) is 149. The molecule has 0 aliphatic rings. The van der Waals surface area contributed by atoms with Crippen molar-refractivity contribution in [3.8, 4) is 0 Å². The van der Waals surface area contributed by atoms with Gasteiger partial charge < -0.3 is 75.6 Å². The van der Waals surface area contributed by atoms with Crippen LogP contribution in [0.3, 0.4) is 0 Å². The van der Waals surface area contributed by atoms with Crippen LogP contribution in [0.4, 0.5) is 0 Å². The van der Waals surface area contributed by atoms with Gasteiger partial charge in [-0.1, -0.05) is 49.0 Å². The van der Waals surface area contributed by atoms with Crippen molar-refractivity contribution >= 4 is 59.1 Å². The molecule has 10 amide bonds. The fourth-order valence-corrected chi connectivity index (χ4v) is 8.52. The molecule has 25 heteroatoms. The van der Waals surface area contributed by atoms with Crippen LogP contribution in [0.2, 0.25) is 0 Å². The maximum absolute atomic E-state index is 14.5. The number of nitrogens with two attached hydrogens (primary N) is 1. The van der Waals surface area contributed by atoms with Gasteiger partial charge >= 0.3 is 0 Å². The van der Waals surface area contributed by atoms with Crippen LogP contribution in [0, 0.1) is 0 Å². The Bertz CT molecular complexity index is 2010. The summed E-state index contributed by atoms with van der Waals surface area (Å²) >= 11 is 0. The summed E-state index contributed by atoms with van der Waals surface area (Å²) in [6, 6.07) is -2.37. The molecule has 0 rings (SSSR count). The van der Waals surface area contributed by atoms with E-state index in [1.807, 2.05) is 27.7 Å². The summed E-state index contributed by atoms with van der Waals surface area (Å²) in [5.41, 5.74) is 5.44. The fourth-order valence-electron chi connectivity index (χ4n) is 8.52. The molecule has 0 spiro atoms. The molecule has 10 atom stereocenters. The van der Waals surface area contributed by atoms with Crippen LogP contribution < -0.4 is 11.1 Å². The van der Waals surface area contributed by atoms with Gasteiger partial charge in [-0.25, -0.2) is 0 Å². The SMILES string of the molecule is C.CC[C@@H](C)N(CC(N)=O)C(=O)CN(C(=O)CN(C[C@@H](C)O)C(=O)CN(C[C@@H](C)O)C(=O)CN(C(=O)CN(C(=O)CN(C[C@@H](C)O)C(=O)CN(C[C@@H](C)O)C(=O)CN(C(=O)CN[C@@H](C)CC)[C@H](C)CC)[C@@H](C)CC)[C@H](C)CC)[C@@H](C)CC. The second-order valence-corrected chi connectivity index (χ2v) is 22.0. The van der Waals surface area contributed by atoms with E-state index in [4.69, 9.17) is 5.73 Å². The molecule has 7 N–H and O–H groups in total. The number of rotatable bonds is 40. The number of hydrogen-bond donors (Lipinski definition) is 6. The zero-order valence-electron chi connectivity index (χ0n) is 51.9. The lowest BCUT2D eigenvalue weighted by Crippen LogP contribution is -2.56. The Balaban J connectivity index is 0. The Hall–Kier alpha value is -5.50. The predicted octanol–water partition coefficient (Wildman–Crippen LogP) is 0.469. The number of nitrogens with zero attached hydrogens (tertiary/aromatic N) is 9. The molecule has 82 heavy (non-hydrogen) atoms. The number of aliphatic hydroxyl groups is 4. The molecular formula is C57H109N11O14. The topological polar surface area (TPSA) is 319 Å². The summed E-state index contributed by atoms with van der Waals surface area (Å²) in [5, 5.41) is 45.2. The van der Waals surface area contributed by atoms with E-state index in [1.165, 1.54) is 52.2 Å². The average Bonchev–Trinajstić information content (AvgIpc) is 3.40. The third kappa shape index (κ3) is 28.2. The van der Waals surface area contributed by atoms with Crippen molar-refractivity contribution in [3.05, 3.63) is 0 Å². The number of carbonyl (C=O) groups is 10. The molecular weight excluding hydrogens is 1060 g/mol. The minimum absolute atomic E-state index is 0. The van der Waals surface area contributed by atoms with Crippen molar-refractivity contribution in [1.29, 1.82) is 0 Å². The second kappa shape index (κ2) is 39.9. The first-order valence-electron chi connectivity index (χ1n) is 29.1. The summed E-state index contributed by atoms with van der Waals surface area (Å²) in [5.74, 6) is -6.53. The van der Waals surface area contributed by atoms with E-state index in [-0.39, 0.29) is 77.3 Å². The largest absolute Gasteiger partial charge is 0.392 e. The number of aliphatic hydroxyl groups excluding tert-OH is 4. The van der Waals surface area contributed by atoms with Gasteiger partial charge in [-0.3, -0.25) is 47.9 Å². The van der Waals surface area contributed by atoms with Gasteiger partial charge in [0.15, 0.2) is 0 Å². The van der Waals surface area contributed by atoms with Gasteiger partial charge in [0.25, 0.3) is 0 Å². The van der Waals surface area contributed by atoms with E-state index in [2.05, 4.69) is 5.32 Å². The Morgan fingerprint density at radius 2 is 0.537 bits per heavy atom. The minimum atomic E-state index is -1.17. The van der Waals surface area contributed by atoms with Gasteiger partial charge in [0.1, 0.15) is 26.2 Å². The van der Waals surface area contributed by atoms with Crippen LogP contribution in [-0.4, -0.2) is 276 Å². The summed E-state index contributed by atoms with van der Waals surface area (Å²) in [6.07, 6.45) is -1.60. The molecule has 0 radical (unpaired) electrons. The fraction of sp³-hybridized carbons (Fsp3) is 0.825. The molecule has 476 valence electrons. The lowest BCUT2D eigenvalue weighted by molar-refractivity contribution is -0.152. The average molecular weight is 1170 g/mol. The zero-order chi connectivity index (χ0) is 62.6. The third-order valence-corrected chi connectivity index (χ3v) is 14.6. The van der Waals surface area contributed by atoms with Crippen LogP contribution in [0.15, 0.2) is 0 Å². The summed E-state index contributed by atoms with van der Waals surface area (Å²) < 4.78 is 0. The number of carbonyl (C=O) groups excluding carboxylic acids is 10. The molecule has 0 aromatic heterocycles. The van der Waals surface area contributed by atoms with Crippen molar-refractivity contribution in [2.45, 2.75) is 217 Å². The first kappa shape index (κ1) is 78.6. The maximum Gasteiger partial charge on any atom is 0.242 e. The molecule has 0 bridgehead atoms. The van der Waals surface area contributed by atoms with E-state index in [1.54, 1.807) is 55.4 Å². The Morgan fingerprint density at radius 3 is 0.768 bits per heavy atom. The second-order valence-electron chi connectivity index (χ2n) is 22.0. The number of primary amides is 1. The van der Waals surface area contributed by atoms with Gasteiger partial charge in [-0.2, -0.15) is 0 Å². The molecule has 0 unspecified atom stereocenters. The molecule has 0 heterocycles. The van der Waals surface area contributed by atoms with Gasteiger partial charge in [0.05, 0.1) is 63.7 Å². The highest BCUT2D eigenvalue weighted by atomic mass is 16.3. The highest BCUT2D eigenvalue weighted by Gasteiger charge is 2.35. The molecule has 0 saturated heterocycles. The molecule has 0 aromatic rings. The first-order chi connectivity index (χ1) is 37.7. The third-order valence-electron chi connectivity index (χ3n) is 14.6. The standard InChI is InChI=1S/C56H105N11O14.CH4/c1-17-37(7)58-23-48(73)64(39(9)19-3)33-51(76)59(24-43(13)68)29-49(74)62(27-46(16)71)32-54(79)67(42(12)22-6)36-56(81)65(40(10)20-4)34-52(77)60(25-44(14)69)30-50(75)61(26-45(15)70)31-53(78)66(41(11)21-5)35-55(80)63(28-47(57)72)38(8)18-2;/h37-46,58,68-71H,17-36H2,1-16H3,(H2,57,72);1H4/t37-,38+,39+,40+,41-,42-,43+,44+,45+,46+;/m0./s1. The normalized spacial score (nSPS) is 14.8. The Kier molecular flexibility index (Phi) is 38.2. The van der Waals surface area contributed by atoms with Crippen LogP contribution in [0.5, 0.6) is 0 Å². The number of nitrogens with one attached hydrogen (secondary N) is 1. The van der Waals surface area contributed by atoms with Gasteiger partial charge in [-0.15, -0.1) is 0 Å². The molecule has 0 aliphatic heterocycles. The van der Waals surface area contributed by atoms with E-state index in [9.17, 15) is 68.4 Å². The quantitative estimate of drug-likeness (QED) is 0.0486. The number of hydrogen-bond acceptors (Lipinski definition) is 15. The molecule has 25 nitrogen and oxygen atoms in total.